The molecule has 3 heterocycles. The predicted octanol–water partition coefficient (Wildman–Crippen LogP) is 4.91. The van der Waals surface area contributed by atoms with Crippen LogP contribution in [0.25, 0.3) is 17.0 Å². The van der Waals surface area contributed by atoms with E-state index in [1.807, 2.05) is 0 Å². The van der Waals surface area contributed by atoms with Crippen molar-refractivity contribution in [3.8, 4) is 0 Å². The molecular formula is C25H22ClF3N4O3S. The maximum atomic E-state index is 13.5. The summed E-state index contributed by atoms with van der Waals surface area (Å²) >= 11 is 6.66. The molecule has 2 atom stereocenters. The number of carbonyl (C=O) groups is 2. The summed E-state index contributed by atoms with van der Waals surface area (Å²) in [6.45, 7) is 0.447. The number of hydrogen-bond acceptors (Lipinski definition) is 6. The molecule has 2 aliphatic rings. The summed E-state index contributed by atoms with van der Waals surface area (Å²) in [6.07, 6.45) is -0.251. The van der Waals surface area contributed by atoms with Gasteiger partial charge in [0.05, 0.1) is 35.3 Å². The van der Waals surface area contributed by atoms with E-state index in [-0.39, 0.29) is 47.0 Å². The zero-order valence-corrected chi connectivity index (χ0v) is 20.9. The number of amides is 2. The van der Waals surface area contributed by atoms with Crippen LogP contribution in [0.3, 0.4) is 0 Å². The second-order valence-corrected chi connectivity index (χ2v) is 10.4. The third-order valence-corrected chi connectivity index (χ3v) is 7.66. The maximum Gasteiger partial charge on any atom is 0.416 e. The Morgan fingerprint density at radius 3 is 2.78 bits per heavy atom. The lowest BCUT2D eigenvalue weighted by atomic mass is 9.98. The van der Waals surface area contributed by atoms with Crippen molar-refractivity contribution in [2.75, 3.05) is 13.2 Å². The van der Waals surface area contributed by atoms with E-state index in [9.17, 15) is 27.9 Å². The van der Waals surface area contributed by atoms with Gasteiger partial charge < -0.3 is 10.4 Å². The van der Waals surface area contributed by atoms with E-state index >= 15 is 0 Å². The molecule has 2 saturated heterocycles. The van der Waals surface area contributed by atoms with Crippen LogP contribution in [-0.4, -0.2) is 56.2 Å². The Bertz CT molecular complexity index is 1410. The van der Waals surface area contributed by atoms with Crippen molar-refractivity contribution >= 4 is 51.5 Å². The second kappa shape index (κ2) is 10.1. The molecule has 2 amide bonds. The molecule has 0 unspecified atom stereocenters. The third kappa shape index (κ3) is 5.26. The number of nitrogens with zero attached hydrogens (tertiary/aromatic N) is 3. The molecule has 12 heteroatoms. The Hall–Kier alpha value is -2.86. The number of piperidine rings is 1. The molecule has 0 radical (unpaired) electrons. The molecule has 0 bridgehead atoms. The van der Waals surface area contributed by atoms with Gasteiger partial charge in [0.1, 0.15) is 0 Å². The van der Waals surface area contributed by atoms with E-state index in [0.717, 1.165) is 17.8 Å². The molecule has 1 aromatic heterocycles. The lowest BCUT2D eigenvalue weighted by molar-refractivity contribution is -0.138. The third-order valence-electron chi connectivity index (χ3n) is 6.54. The normalized spacial score (nSPS) is 22.0. The van der Waals surface area contributed by atoms with Gasteiger partial charge in [-0.15, -0.1) is 0 Å². The van der Waals surface area contributed by atoms with Crippen LogP contribution < -0.4 is 5.32 Å². The van der Waals surface area contributed by atoms with Crippen molar-refractivity contribution in [3.05, 3.63) is 69.2 Å². The summed E-state index contributed by atoms with van der Waals surface area (Å²) < 4.78 is 42.0. The zero-order valence-electron chi connectivity index (χ0n) is 19.3. The van der Waals surface area contributed by atoms with Crippen LogP contribution in [0.5, 0.6) is 0 Å². The molecule has 194 valence electrons. The first-order valence-corrected chi connectivity index (χ1v) is 12.8. The Kier molecular flexibility index (Phi) is 7.06. The van der Waals surface area contributed by atoms with E-state index in [2.05, 4.69) is 10.4 Å². The lowest BCUT2D eigenvalue weighted by Crippen LogP contribution is -2.50. The molecule has 0 saturated carbocycles. The quantitative estimate of drug-likeness (QED) is 0.439. The molecule has 37 heavy (non-hydrogen) atoms. The van der Waals surface area contributed by atoms with E-state index in [1.165, 1.54) is 21.7 Å². The summed E-state index contributed by atoms with van der Waals surface area (Å²) in [6, 6.07) is 8.45. The number of imide groups is 1. The van der Waals surface area contributed by atoms with Gasteiger partial charge in [-0.2, -0.15) is 18.3 Å². The number of thioether (sulfide) groups is 1. The number of benzene rings is 2. The van der Waals surface area contributed by atoms with Crippen LogP contribution >= 0.6 is 23.4 Å². The first-order valence-electron chi connectivity index (χ1n) is 11.6. The molecule has 0 aliphatic carbocycles. The summed E-state index contributed by atoms with van der Waals surface area (Å²) in [4.78, 5) is 27.2. The first-order chi connectivity index (χ1) is 17.6. The fourth-order valence-electron chi connectivity index (χ4n) is 4.74. The van der Waals surface area contributed by atoms with Crippen molar-refractivity contribution in [2.45, 2.75) is 37.6 Å². The number of aliphatic hydroxyl groups is 1. The number of carbonyl (C=O) groups excluding carboxylic acids is 2. The molecule has 5 rings (SSSR count). The maximum absolute atomic E-state index is 13.5. The minimum absolute atomic E-state index is 0.00354. The number of rotatable bonds is 5. The van der Waals surface area contributed by atoms with Gasteiger partial charge in [0.15, 0.2) is 0 Å². The summed E-state index contributed by atoms with van der Waals surface area (Å²) in [5, 5.41) is 17.2. The van der Waals surface area contributed by atoms with Gasteiger partial charge >= 0.3 is 6.18 Å². The minimum Gasteiger partial charge on any atom is -0.395 e. The number of aromatic nitrogens is 2. The molecule has 2 N–H and O–H groups in total. The Morgan fingerprint density at radius 2 is 2.03 bits per heavy atom. The number of hydrogen-bond donors (Lipinski definition) is 2. The highest BCUT2D eigenvalue weighted by Crippen LogP contribution is 2.37. The van der Waals surface area contributed by atoms with Crippen LogP contribution in [0.2, 0.25) is 5.02 Å². The summed E-state index contributed by atoms with van der Waals surface area (Å²) in [7, 11) is 0. The second-order valence-electron chi connectivity index (χ2n) is 8.98. The Labute approximate surface area is 219 Å². The largest absolute Gasteiger partial charge is 0.416 e. The fourth-order valence-corrected chi connectivity index (χ4v) is 5.81. The monoisotopic (exact) mass is 550 g/mol. The van der Waals surface area contributed by atoms with E-state index in [4.69, 9.17) is 11.6 Å². The van der Waals surface area contributed by atoms with Gasteiger partial charge in [0.2, 0.25) is 0 Å². The minimum atomic E-state index is -4.55. The number of alkyl halides is 3. The molecule has 3 aromatic rings. The zero-order chi connectivity index (χ0) is 26.3. The van der Waals surface area contributed by atoms with E-state index in [0.29, 0.717) is 40.8 Å². The molecule has 2 aromatic carbocycles. The predicted molar refractivity (Wildman–Crippen MR) is 135 cm³/mol. The lowest BCUT2D eigenvalue weighted by Gasteiger charge is -2.33. The van der Waals surface area contributed by atoms with Crippen molar-refractivity contribution in [3.63, 3.8) is 0 Å². The van der Waals surface area contributed by atoms with Gasteiger partial charge in [-0.3, -0.25) is 19.2 Å². The molecule has 0 spiro atoms. The van der Waals surface area contributed by atoms with E-state index < -0.39 is 11.7 Å². The highest BCUT2D eigenvalue weighted by atomic mass is 35.5. The van der Waals surface area contributed by atoms with E-state index in [1.54, 1.807) is 30.5 Å². The van der Waals surface area contributed by atoms with Crippen LogP contribution in [0.1, 0.15) is 29.5 Å². The molecule has 2 aliphatic heterocycles. The SMILES string of the molecule is O=C1S/C(=C\c2ccc3c(cnn3Cc3ccc(Cl)cc3C(F)(F)F)c2)C(=O)N1[C@@H]1CCN[C@@H](CO)C1. The number of aliphatic hydroxyl groups excluding tert-OH is 1. The van der Waals surface area contributed by atoms with Crippen molar-refractivity contribution in [1.29, 1.82) is 0 Å². The van der Waals surface area contributed by atoms with Gasteiger partial charge in [-0.25, -0.2) is 0 Å². The van der Waals surface area contributed by atoms with Crippen molar-refractivity contribution in [2.24, 2.45) is 0 Å². The molecule has 7 nitrogen and oxygen atoms in total. The van der Waals surface area contributed by atoms with Crippen molar-refractivity contribution < 1.29 is 27.9 Å². The van der Waals surface area contributed by atoms with Crippen LogP contribution in [0.15, 0.2) is 47.5 Å². The number of nitrogens with one attached hydrogen (secondary N) is 1. The van der Waals surface area contributed by atoms with Gasteiger partial charge in [-0.1, -0.05) is 23.7 Å². The van der Waals surface area contributed by atoms with Crippen LogP contribution in [-0.2, 0) is 17.5 Å². The number of fused-ring (bicyclic) bond motifs is 1. The highest BCUT2D eigenvalue weighted by Gasteiger charge is 2.41. The summed E-state index contributed by atoms with van der Waals surface area (Å²) in [5.41, 5.74) is 0.521. The molecule has 2 fully saturated rings. The molecular weight excluding hydrogens is 529 g/mol. The van der Waals surface area contributed by atoms with Gasteiger partial charge in [0.25, 0.3) is 11.1 Å². The number of halogens is 4. The van der Waals surface area contributed by atoms with Crippen molar-refractivity contribution in [1.82, 2.24) is 20.0 Å². The Morgan fingerprint density at radius 1 is 1.22 bits per heavy atom. The summed E-state index contributed by atoms with van der Waals surface area (Å²) in [5.74, 6) is -0.364. The Balaban J connectivity index is 1.38. The average Bonchev–Trinajstić information content (AvgIpc) is 3.38. The standard InChI is InChI=1S/C25H22ClF3N4O3S/c26-17-3-2-15(20(9-17)25(27,28)29)12-32-21-4-1-14(7-16(21)11-31-32)8-22-23(35)33(24(36)37-22)19-5-6-30-18(10-19)13-34/h1-4,7-9,11,18-19,30,34H,5-6,10,12-13H2/b22-8-/t18-,19-/m1/s1. The van der Waals surface area contributed by atoms with Gasteiger partial charge in [0, 0.05) is 22.5 Å². The van der Waals surface area contributed by atoms with Crippen LogP contribution in [0, 0.1) is 0 Å². The smallest absolute Gasteiger partial charge is 0.395 e. The fraction of sp³-hybridized carbons (Fsp3) is 0.320. The first kappa shape index (κ1) is 25.8. The van der Waals surface area contributed by atoms with Gasteiger partial charge in [-0.05, 0) is 72.6 Å². The van der Waals surface area contributed by atoms with Crippen LogP contribution in [0.4, 0.5) is 18.0 Å². The topological polar surface area (TPSA) is 87.5 Å². The highest BCUT2D eigenvalue weighted by molar-refractivity contribution is 8.18. The average molecular weight is 551 g/mol.